The van der Waals surface area contributed by atoms with Crippen LogP contribution in [-0.2, 0) is 9.59 Å². The molecule has 0 aliphatic carbocycles. The van der Waals surface area contributed by atoms with Crippen LogP contribution < -0.4 is 15.8 Å². The predicted octanol–water partition coefficient (Wildman–Crippen LogP) is 3.94. The number of thioether (sulfide) groups is 1. The zero-order valence-corrected chi connectivity index (χ0v) is 17.5. The van der Waals surface area contributed by atoms with Crippen LogP contribution in [0.15, 0.2) is 112 Å². The van der Waals surface area contributed by atoms with E-state index in [1.807, 2.05) is 78.9 Å². The number of amides is 2. The maximum absolute atomic E-state index is 12.9. The lowest BCUT2D eigenvalue weighted by atomic mass is 10.0. The number of anilines is 2. The lowest BCUT2D eigenvalue weighted by Crippen LogP contribution is -2.20. The highest BCUT2D eigenvalue weighted by Crippen LogP contribution is 2.38. The standard InChI is InChI=1S/C24H17N5O2S/c30-21-19(20(26-27-21)16-10-4-1-5-11-16)24-29(18-14-8-3-9-15-18)28-23(32-24)22(31)25-17-12-6-2-7-13-17/h1-15H,(H,25,31)(H,27,30)/b24-19+. The molecule has 0 saturated heterocycles. The highest BCUT2D eigenvalue weighted by atomic mass is 32.2. The number of hydrazone groups is 2. The molecule has 5 rings (SSSR count). The molecule has 0 saturated carbocycles. The molecular weight excluding hydrogens is 422 g/mol. The van der Waals surface area contributed by atoms with Crippen molar-refractivity contribution in [3.8, 4) is 0 Å². The first kappa shape index (κ1) is 19.8. The third-order valence-electron chi connectivity index (χ3n) is 4.80. The lowest BCUT2D eigenvalue weighted by molar-refractivity contribution is -0.116. The Labute approximate surface area is 188 Å². The molecule has 2 aliphatic heterocycles. The van der Waals surface area contributed by atoms with Gasteiger partial charge in [0.1, 0.15) is 16.3 Å². The molecule has 2 N–H and O–H groups in total. The summed E-state index contributed by atoms with van der Waals surface area (Å²) in [6.45, 7) is 0. The molecule has 0 spiro atoms. The summed E-state index contributed by atoms with van der Waals surface area (Å²) in [6, 6.07) is 28.0. The quantitative estimate of drug-likeness (QED) is 0.603. The van der Waals surface area contributed by atoms with Gasteiger partial charge in [0.15, 0.2) is 5.04 Å². The number of hydrogen-bond acceptors (Lipinski definition) is 6. The van der Waals surface area contributed by atoms with E-state index in [2.05, 4.69) is 20.9 Å². The minimum Gasteiger partial charge on any atom is -0.320 e. The Balaban J connectivity index is 1.56. The number of nitrogens with one attached hydrogen (secondary N) is 2. The van der Waals surface area contributed by atoms with E-state index in [4.69, 9.17) is 0 Å². The van der Waals surface area contributed by atoms with Gasteiger partial charge in [0.05, 0.1) is 5.69 Å². The number of hydrogen-bond donors (Lipinski definition) is 2. The highest BCUT2D eigenvalue weighted by Gasteiger charge is 2.36. The van der Waals surface area contributed by atoms with Gasteiger partial charge < -0.3 is 5.32 Å². The van der Waals surface area contributed by atoms with Crippen LogP contribution in [0.3, 0.4) is 0 Å². The van der Waals surface area contributed by atoms with Gasteiger partial charge in [-0.1, -0.05) is 66.7 Å². The van der Waals surface area contributed by atoms with Gasteiger partial charge in [-0.3, -0.25) is 9.59 Å². The van der Waals surface area contributed by atoms with Gasteiger partial charge in [-0.2, -0.15) is 10.2 Å². The fourth-order valence-electron chi connectivity index (χ4n) is 3.32. The SMILES string of the molecule is O=C(Nc1ccccc1)C1=NN(c2ccccc2)/C(=C2\C(=O)NN=C2c2ccccc2)S1. The smallest absolute Gasteiger partial charge is 0.283 e. The molecule has 8 heteroatoms. The minimum atomic E-state index is -0.352. The lowest BCUT2D eigenvalue weighted by Gasteiger charge is -2.17. The van der Waals surface area contributed by atoms with Crippen LogP contribution in [0.1, 0.15) is 5.56 Å². The van der Waals surface area contributed by atoms with Crippen molar-refractivity contribution in [1.82, 2.24) is 5.43 Å². The molecular formula is C24H17N5O2S. The molecule has 3 aromatic carbocycles. The molecule has 2 amide bonds. The normalized spacial score (nSPS) is 17.6. The second kappa shape index (κ2) is 8.52. The Morgan fingerprint density at radius 2 is 1.50 bits per heavy atom. The van der Waals surface area contributed by atoms with Crippen molar-refractivity contribution >= 4 is 45.7 Å². The van der Waals surface area contributed by atoms with Gasteiger partial charge in [-0.25, -0.2) is 10.4 Å². The summed E-state index contributed by atoms with van der Waals surface area (Å²) >= 11 is 1.14. The summed E-state index contributed by atoms with van der Waals surface area (Å²) < 4.78 is 0. The zero-order valence-electron chi connectivity index (χ0n) is 16.7. The number of carbonyl (C=O) groups is 2. The van der Waals surface area contributed by atoms with Crippen molar-refractivity contribution in [1.29, 1.82) is 0 Å². The third kappa shape index (κ3) is 3.79. The van der Waals surface area contributed by atoms with E-state index in [1.165, 1.54) is 0 Å². The molecule has 0 fully saturated rings. The molecule has 0 bridgehead atoms. The van der Waals surface area contributed by atoms with E-state index in [1.54, 1.807) is 17.1 Å². The summed E-state index contributed by atoms with van der Waals surface area (Å²) in [7, 11) is 0. The summed E-state index contributed by atoms with van der Waals surface area (Å²) in [4.78, 5) is 25.8. The summed E-state index contributed by atoms with van der Waals surface area (Å²) in [5.74, 6) is -0.693. The zero-order chi connectivity index (χ0) is 21.9. The Bertz CT molecular complexity index is 1270. The molecule has 3 aromatic rings. The molecule has 0 aromatic heterocycles. The third-order valence-corrected chi connectivity index (χ3v) is 5.83. The second-order valence-electron chi connectivity index (χ2n) is 6.92. The van der Waals surface area contributed by atoms with E-state index < -0.39 is 0 Å². The maximum atomic E-state index is 12.9. The van der Waals surface area contributed by atoms with Crippen molar-refractivity contribution < 1.29 is 9.59 Å². The van der Waals surface area contributed by atoms with Gasteiger partial charge in [0.25, 0.3) is 11.8 Å². The molecule has 2 heterocycles. The fraction of sp³-hybridized carbons (Fsp3) is 0. The fourth-order valence-corrected chi connectivity index (χ4v) is 4.29. The molecule has 2 aliphatic rings. The molecule has 7 nitrogen and oxygen atoms in total. The van der Waals surface area contributed by atoms with Crippen LogP contribution >= 0.6 is 11.8 Å². The number of benzene rings is 3. The van der Waals surface area contributed by atoms with Gasteiger partial charge in [0.2, 0.25) is 0 Å². The minimum absolute atomic E-state index is 0.229. The number of para-hydroxylation sites is 2. The van der Waals surface area contributed by atoms with E-state index in [0.717, 1.165) is 23.0 Å². The van der Waals surface area contributed by atoms with Gasteiger partial charge in [-0.05, 0) is 36.0 Å². The first-order chi connectivity index (χ1) is 15.7. The van der Waals surface area contributed by atoms with Crippen molar-refractivity contribution in [2.24, 2.45) is 10.2 Å². The molecule has 32 heavy (non-hydrogen) atoms. The van der Waals surface area contributed by atoms with E-state index >= 15 is 0 Å². The van der Waals surface area contributed by atoms with Crippen molar-refractivity contribution in [3.05, 3.63) is 107 Å². The van der Waals surface area contributed by atoms with Gasteiger partial charge in [0, 0.05) is 11.3 Å². The first-order valence-electron chi connectivity index (χ1n) is 9.87. The van der Waals surface area contributed by atoms with E-state index in [0.29, 0.717) is 22.0 Å². The van der Waals surface area contributed by atoms with Crippen LogP contribution in [0.25, 0.3) is 0 Å². The van der Waals surface area contributed by atoms with Crippen molar-refractivity contribution in [2.45, 2.75) is 0 Å². The van der Waals surface area contributed by atoms with Gasteiger partial charge in [-0.15, -0.1) is 0 Å². The molecule has 156 valence electrons. The molecule has 0 radical (unpaired) electrons. The Morgan fingerprint density at radius 1 is 0.875 bits per heavy atom. The van der Waals surface area contributed by atoms with Gasteiger partial charge >= 0.3 is 0 Å². The van der Waals surface area contributed by atoms with Crippen molar-refractivity contribution in [2.75, 3.05) is 10.3 Å². The van der Waals surface area contributed by atoms with Crippen molar-refractivity contribution in [3.63, 3.8) is 0 Å². The first-order valence-corrected chi connectivity index (χ1v) is 10.7. The Kier molecular flexibility index (Phi) is 5.27. The highest BCUT2D eigenvalue weighted by molar-refractivity contribution is 8.19. The summed E-state index contributed by atoms with van der Waals surface area (Å²) in [5, 5.41) is 14.0. The van der Waals surface area contributed by atoms with E-state index in [9.17, 15) is 9.59 Å². The van der Waals surface area contributed by atoms with Crippen LogP contribution in [0, 0.1) is 0 Å². The molecule has 0 unspecified atom stereocenters. The molecule has 0 atom stereocenters. The van der Waals surface area contributed by atoms with Crippen LogP contribution in [0.5, 0.6) is 0 Å². The Hall–Kier alpha value is -4.17. The largest absolute Gasteiger partial charge is 0.320 e. The number of rotatable bonds is 4. The maximum Gasteiger partial charge on any atom is 0.283 e. The average Bonchev–Trinajstić information content (AvgIpc) is 3.44. The second-order valence-corrected chi connectivity index (χ2v) is 7.90. The van der Waals surface area contributed by atoms with Crippen LogP contribution in [0.2, 0.25) is 0 Å². The van der Waals surface area contributed by atoms with E-state index in [-0.39, 0.29) is 16.9 Å². The predicted molar refractivity (Wildman–Crippen MR) is 127 cm³/mol. The van der Waals surface area contributed by atoms with Crippen LogP contribution in [-0.4, -0.2) is 22.6 Å². The average molecular weight is 440 g/mol. The monoisotopic (exact) mass is 439 g/mol. The number of nitrogens with zero attached hydrogens (tertiary/aromatic N) is 3. The summed E-state index contributed by atoms with van der Waals surface area (Å²) in [6.07, 6.45) is 0. The topological polar surface area (TPSA) is 86.2 Å². The van der Waals surface area contributed by atoms with Crippen LogP contribution in [0.4, 0.5) is 11.4 Å². The number of carbonyl (C=O) groups excluding carboxylic acids is 2. The Morgan fingerprint density at radius 3 is 2.19 bits per heavy atom. The summed E-state index contributed by atoms with van der Waals surface area (Å²) in [5.41, 5.74) is 5.63.